The van der Waals surface area contributed by atoms with Crippen LogP contribution < -0.4 is 9.47 Å². The SMILES string of the molecule is COc1[c]c(OC)ncn1. The van der Waals surface area contributed by atoms with Gasteiger partial charge >= 0.3 is 0 Å². The Morgan fingerprint density at radius 1 is 1.20 bits per heavy atom. The number of nitrogens with zero attached hydrogens (tertiary/aromatic N) is 2. The van der Waals surface area contributed by atoms with Crippen molar-refractivity contribution in [2.75, 3.05) is 14.2 Å². The van der Waals surface area contributed by atoms with Crippen LogP contribution in [-0.4, -0.2) is 24.2 Å². The lowest BCUT2D eigenvalue weighted by molar-refractivity contribution is 0.370. The number of methoxy groups -OCH3 is 2. The Hall–Kier alpha value is -1.32. The van der Waals surface area contributed by atoms with Gasteiger partial charge in [0.1, 0.15) is 12.4 Å². The third kappa shape index (κ3) is 1.34. The van der Waals surface area contributed by atoms with E-state index in [9.17, 15) is 0 Å². The average molecular weight is 139 g/mol. The fraction of sp³-hybridized carbons (Fsp3) is 0.333. The molecule has 0 fully saturated rings. The van der Waals surface area contributed by atoms with E-state index in [1.54, 1.807) is 0 Å². The lowest BCUT2D eigenvalue weighted by atomic mass is 10.6. The molecule has 1 rings (SSSR count). The van der Waals surface area contributed by atoms with Gasteiger partial charge in [-0.15, -0.1) is 0 Å². The van der Waals surface area contributed by atoms with Crippen LogP contribution in [0.1, 0.15) is 0 Å². The smallest absolute Gasteiger partial charge is 0.228 e. The van der Waals surface area contributed by atoms with Crippen LogP contribution in [0, 0.1) is 6.07 Å². The molecule has 53 valence electrons. The van der Waals surface area contributed by atoms with Gasteiger partial charge in [-0.2, -0.15) is 0 Å². The monoisotopic (exact) mass is 139 g/mol. The lowest BCUT2D eigenvalue weighted by Gasteiger charge is -1.98. The van der Waals surface area contributed by atoms with Gasteiger partial charge in [0.05, 0.1) is 14.2 Å². The zero-order valence-corrected chi connectivity index (χ0v) is 5.79. The quantitative estimate of drug-likeness (QED) is 0.590. The molecular formula is C6H7N2O2. The first-order valence-electron chi connectivity index (χ1n) is 2.69. The van der Waals surface area contributed by atoms with E-state index >= 15 is 0 Å². The molecule has 0 N–H and O–H groups in total. The van der Waals surface area contributed by atoms with Gasteiger partial charge in [0.25, 0.3) is 0 Å². The van der Waals surface area contributed by atoms with Crippen molar-refractivity contribution in [1.29, 1.82) is 0 Å². The van der Waals surface area contributed by atoms with Crippen LogP contribution in [0.5, 0.6) is 11.8 Å². The summed E-state index contributed by atoms with van der Waals surface area (Å²) in [6.45, 7) is 0. The van der Waals surface area contributed by atoms with Gasteiger partial charge in [0, 0.05) is 0 Å². The largest absolute Gasteiger partial charge is 0.480 e. The number of aromatic nitrogens is 2. The van der Waals surface area contributed by atoms with Crippen LogP contribution in [0.2, 0.25) is 0 Å². The summed E-state index contributed by atoms with van der Waals surface area (Å²) in [6, 6.07) is 2.68. The topological polar surface area (TPSA) is 44.2 Å². The molecule has 0 saturated carbocycles. The Labute approximate surface area is 58.8 Å². The van der Waals surface area contributed by atoms with E-state index in [1.165, 1.54) is 20.5 Å². The Morgan fingerprint density at radius 2 is 1.70 bits per heavy atom. The normalized spacial score (nSPS) is 9.00. The first kappa shape index (κ1) is 6.80. The van der Waals surface area contributed by atoms with E-state index in [4.69, 9.17) is 9.47 Å². The summed E-state index contributed by atoms with van der Waals surface area (Å²) in [5.41, 5.74) is 0. The zero-order chi connectivity index (χ0) is 7.40. The van der Waals surface area contributed by atoms with Gasteiger partial charge in [0.2, 0.25) is 11.8 Å². The maximum atomic E-state index is 4.77. The van der Waals surface area contributed by atoms with Crippen LogP contribution >= 0.6 is 0 Å². The minimum atomic E-state index is 0.381. The predicted molar refractivity (Wildman–Crippen MR) is 34.0 cm³/mol. The first-order valence-corrected chi connectivity index (χ1v) is 2.69. The maximum Gasteiger partial charge on any atom is 0.228 e. The first-order chi connectivity index (χ1) is 4.86. The third-order valence-electron chi connectivity index (χ3n) is 0.951. The standard InChI is InChI=1S/C6H7N2O2/c1-9-5-3-6(10-2)8-4-7-5/h4H,1-2H3. The summed E-state index contributed by atoms with van der Waals surface area (Å²) in [5, 5.41) is 0. The lowest BCUT2D eigenvalue weighted by Crippen LogP contribution is -1.92. The zero-order valence-electron chi connectivity index (χ0n) is 5.79. The van der Waals surface area contributed by atoms with Crippen molar-refractivity contribution in [3.8, 4) is 11.8 Å². The van der Waals surface area contributed by atoms with Crippen LogP contribution in [0.4, 0.5) is 0 Å². The fourth-order valence-corrected chi connectivity index (χ4v) is 0.497. The van der Waals surface area contributed by atoms with Crippen molar-refractivity contribution in [3.05, 3.63) is 12.4 Å². The number of ether oxygens (including phenoxy) is 2. The highest BCUT2D eigenvalue weighted by atomic mass is 16.5. The number of hydrogen-bond donors (Lipinski definition) is 0. The Kier molecular flexibility index (Phi) is 2.04. The van der Waals surface area contributed by atoms with Gasteiger partial charge < -0.3 is 9.47 Å². The molecule has 0 spiro atoms. The van der Waals surface area contributed by atoms with Gasteiger partial charge in [0.15, 0.2) is 0 Å². The molecule has 0 bridgehead atoms. The summed E-state index contributed by atoms with van der Waals surface area (Å²) < 4.78 is 9.54. The molecule has 0 amide bonds. The number of rotatable bonds is 2. The molecule has 0 atom stereocenters. The molecule has 4 nitrogen and oxygen atoms in total. The van der Waals surface area contributed by atoms with Crippen LogP contribution in [0.25, 0.3) is 0 Å². The van der Waals surface area contributed by atoms with Gasteiger partial charge in [-0.1, -0.05) is 0 Å². The average Bonchev–Trinajstić information content (AvgIpc) is 2.05. The molecule has 1 radical (unpaired) electrons. The van der Waals surface area contributed by atoms with Gasteiger partial charge in [-0.05, 0) is 0 Å². The van der Waals surface area contributed by atoms with Crippen molar-refractivity contribution in [3.63, 3.8) is 0 Å². The van der Waals surface area contributed by atoms with E-state index in [-0.39, 0.29) is 0 Å². The molecule has 1 aromatic rings. The molecule has 0 saturated heterocycles. The molecule has 10 heavy (non-hydrogen) atoms. The second-order valence-corrected chi connectivity index (χ2v) is 1.52. The van der Waals surface area contributed by atoms with E-state index in [0.29, 0.717) is 11.8 Å². The Balaban J connectivity index is 2.87. The highest BCUT2D eigenvalue weighted by molar-refractivity contribution is 5.15. The highest BCUT2D eigenvalue weighted by Gasteiger charge is 1.96. The van der Waals surface area contributed by atoms with Crippen LogP contribution in [0.3, 0.4) is 0 Å². The molecule has 4 heteroatoms. The summed E-state index contributed by atoms with van der Waals surface area (Å²) in [6.07, 6.45) is 1.36. The highest BCUT2D eigenvalue weighted by Crippen LogP contribution is 2.09. The van der Waals surface area contributed by atoms with Crippen molar-refractivity contribution in [1.82, 2.24) is 9.97 Å². The molecule has 0 aliphatic heterocycles. The number of hydrogen-bond acceptors (Lipinski definition) is 4. The van der Waals surface area contributed by atoms with Gasteiger partial charge in [-0.25, -0.2) is 9.97 Å². The minimum absolute atomic E-state index is 0.381. The second-order valence-electron chi connectivity index (χ2n) is 1.52. The van der Waals surface area contributed by atoms with E-state index in [2.05, 4.69) is 16.0 Å². The maximum absolute atomic E-state index is 4.77. The van der Waals surface area contributed by atoms with Crippen molar-refractivity contribution >= 4 is 0 Å². The molecule has 0 aromatic carbocycles. The predicted octanol–water partition coefficient (Wildman–Crippen LogP) is 0.294. The molecule has 0 aliphatic carbocycles. The molecular weight excluding hydrogens is 132 g/mol. The summed E-state index contributed by atoms with van der Waals surface area (Å²) >= 11 is 0. The molecule has 1 heterocycles. The Morgan fingerprint density at radius 3 is 2.10 bits per heavy atom. The second kappa shape index (κ2) is 3.00. The fourth-order valence-electron chi connectivity index (χ4n) is 0.497. The summed E-state index contributed by atoms with van der Waals surface area (Å²) in [7, 11) is 3.02. The Bertz CT molecular complexity index is 195. The van der Waals surface area contributed by atoms with E-state index in [1.807, 2.05) is 0 Å². The van der Waals surface area contributed by atoms with Crippen molar-refractivity contribution < 1.29 is 9.47 Å². The van der Waals surface area contributed by atoms with Crippen LogP contribution in [-0.2, 0) is 0 Å². The van der Waals surface area contributed by atoms with Gasteiger partial charge in [-0.3, -0.25) is 0 Å². The molecule has 0 aliphatic rings. The van der Waals surface area contributed by atoms with Crippen LogP contribution in [0.15, 0.2) is 6.33 Å². The summed E-state index contributed by atoms with van der Waals surface area (Å²) in [5.74, 6) is 0.763. The molecule has 0 unspecified atom stereocenters. The molecule has 1 aromatic heterocycles. The van der Waals surface area contributed by atoms with Crippen molar-refractivity contribution in [2.45, 2.75) is 0 Å². The minimum Gasteiger partial charge on any atom is -0.480 e. The van der Waals surface area contributed by atoms with E-state index < -0.39 is 0 Å². The van der Waals surface area contributed by atoms with Crippen molar-refractivity contribution in [2.24, 2.45) is 0 Å². The third-order valence-corrected chi connectivity index (χ3v) is 0.951. The summed E-state index contributed by atoms with van der Waals surface area (Å²) in [4.78, 5) is 7.47. The van der Waals surface area contributed by atoms with E-state index in [0.717, 1.165) is 0 Å².